The van der Waals surface area contributed by atoms with Gasteiger partial charge in [-0.15, -0.1) is 0 Å². The van der Waals surface area contributed by atoms with Crippen LogP contribution < -0.4 is 16.7 Å². The molecule has 0 saturated carbocycles. The summed E-state index contributed by atoms with van der Waals surface area (Å²) in [4.78, 5) is 18.8. The summed E-state index contributed by atoms with van der Waals surface area (Å²) in [6.45, 7) is 4.21. The highest BCUT2D eigenvalue weighted by Gasteiger charge is 2.43. The minimum atomic E-state index is -0.737. The van der Waals surface area contributed by atoms with Crippen molar-refractivity contribution in [2.45, 2.75) is 38.7 Å². The maximum Gasteiger partial charge on any atom is 0.329 e. The lowest BCUT2D eigenvalue weighted by molar-refractivity contribution is -0.0382. The summed E-state index contributed by atoms with van der Waals surface area (Å²) in [7, 11) is 0. The van der Waals surface area contributed by atoms with Crippen molar-refractivity contribution in [3.8, 4) is 0 Å². The van der Waals surface area contributed by atoms with Gasteiger partial charge >= 0.3 is 5.69 Å². The van der Waals surface area contributed by atoms with Gasteiger partial charge in [0.15, 0.2) is 6.23 Å². The van der Waals surface area contributed by atoms with E-state index in [2.05, 4.69) is 15.3 Å². The number of fused-ring (bicyclic) bond motifs is 1. The van der Waals surface area contributed by atoms with Crippen LogP contribution in [0.25, 0.3) is 0 Å². The van der Waals surface area contributed by atoms with Crippen molar-refractivity contribution in [2.24, 2.45) is 16.6 Å². The molecule has 0 bridgehead atoms. The van der Waals surface area contributed by atoms with Crippen molar-refractivity contribution in [3.05, 3.63) is 16.2 Å². The van der Waals surface area contributed by atoms with Gasteiger partial charge in [-0.05, 0) is 6.42 Å². The molecule has 8 heteroatoms. The second-order valence-corrected chi connectivity index (χ2v) is 5.23. The number of nitrogens with one attached hydrogen (secondary N) is 2. The van der Waals surface area contributed by atoms with Crippen LogP contribution in [0.2, 0.25) is 0 Å². The van der Waals surface area contributed by atoms with Gasteiger partial charge in [-0.2, -0.15) is 0 Å². The molecule has 0 aromatic carbocycles. The van der Waals surface area contributed by atoms with Gasteiger partial charge in [-0.25, -0.2) is 14.4 Å². The average molecular weight is 281 g/mol. The largest absolute Gasteiger partial charge is 0.388 e. The summed E-state index contributed by atoms with van der Waals surface area (Å²) in [5, 5.41) is 13.3. The van der Waals surface area contributed by atoms with Crippen molar-refractivity contribution in [2.75, 3.05) is 12.0 Å². The van der Waals surface area contributed by atoms with Crippen LogP contribution in [0.15, 0.2) is 9.79 Å². The van der Waals surface area contributed by atoms with E-state index < -0.39 is 12.3 Å². The Morgan fingerprint density at radius 1 is 1.60 bits per heavy atom. The van der Waals surface area contributed by atoms with E-state index in [1.165, 1.54) is 4.57 Å². The van der Waals surface area contributed by atoms with Crippen molar-refractivity contribution in [3.63, 3.8) is 0 Å². The van der Waals surface area contributed by atoms with Crippen LogP contribution in [0.4, 0.5) is 5.82 Å². The smallest absolute Gasteiger partial charge is 0.329 e. The summed E-state index contributed by atoms with van der Waals surface area (Å²) in [5.41, 5.74) is 5.85. The van der Waals surface area contributed by atoms with Crippen LogP contribution in [0.1, 0.15) is 32.2 Å². The fourth-order valence-electron chi connectivity index (χ4n) is 2.87. The lowest BCUT2D eigenvalue weighted by Gasteiger charge is -2.20. The normalized spacial score (nSPS) is 32.6. The van der Waals surface area contributed by atoms with Crippen LogP contribution in [-0.2, 0) is 4.74 Å². The molecule has 0 amide bonds. The number of aromatic amines is 1. The third-order valence-corrected chi connectivity index (χ3v) is 4.07. The molecule has 3 rings (SSSR count). The molecule has 0 aliphatic carbocycles. The van der Waals surface area contributed by atoms with E-state index >= 15 is 0 Å². The molecule has 0 spiro atoms. The molecule has 3 heterocycles. The number of ether oxygens (including phenoxy) is 1. The van der Waals surface area contributed by atoms with Crippen LogP contribution >= 0.6 is 0 Å². The zero-order valence-electron chi connectivity index (χ0n) is 11.5. The number of imidazole rings is 1. The summed E-state index contributed by atoms with van der Waals surface area (Å²) in [6.07, 6.45) is -0.727. The topological polar surface area (TPSA) is 118 Å². The number of rotatable bonds is 2. The number of hydrogen-bond donors (Lipinski definition) is 4. The van der Waals surface area contributed by atoms with E-state index in [1.807, 2.05) is 13.8 Å². The van der Waals surface area contributed by atoms with E-state index in [0.717, 1.165) is 6.42 Å². The molecular weight excluding hydrogens is 262 g/mol. The average Bonchev–Trinajstić information content (AvgIpc) is 2.90. The molecule has 20 heavy (non-hydrogen) atoms. The van der Waals surface area contributed by atoms with E-state index in [-0.39, 0.29) is 23.5 Å². The second kappa shape index (κ2) is 4.64. The molecule has 5 N–H and O–H groups in total. The molecule has 1 aromatic heterocycles. The Labute approximate surface area is 115 Å². The molecule has 4 unspecified atom stereocenters. The molecule has 8 nitrogen and oxygen atoms in total. The fraction of sp³-hybridized carbons (Fsp3) is 0.667. The van der Waals surface area contributed by atoms with Gasteiger partial charge in [0, 0.05) is 5.92 Å². The highest BCUT2D eigenvalue weighted by molar-refractivity contribution is 6.01. The second-order valence-electron chi connectivity index (χ2n) is 5.23. The molecule has 1 aromatic rings. The Morgan fingerprint density at radius 3 is 3.00 bits per heavy atom. The monoisotopic (exact) mass is 281 g/mol. The summed E-state index contributed by atoms with van der Waals surface area (Å²) < 4.78 is 7.23. The first-order valence-corrected chi connectivity index (χ1v) is 6.76. The summed E-state index contributed by atoms with van der Waals surface area (Å²) in [6, 6.07) is 0. The van der Waals surface area contributed by atoms with Gasteiger partial charge in [-0.1, -0.05) is 13.8 Å². The van der Waals surface area contributed by atoms with E-state index in [9.17, 15) is 9.90 Å². The van der Waals surface area contributed by atoms with Gasteiger partial charge < -0.3 is 25.9 Å². The highest BCUT2D eigenvalue weighted by Crippen LogP contribution is 2.36. The maximum atomic E-state index is 12.2. The zero-order chi connectivity index (χ0) is 14.4. The van der Waals surface area contributed by atoms with Gasteiger partial charge in [0.1, 0.15) is 30.1 Å². The number of nitrogens with zero attached hydrogens (tertiary/aromatic N) is 2. The molecule has 2 aliphatic heterocycles. The lowest BCUT2D eigenvalue weighted by Crippen LogP contribution is -2.32. The number of aliphatic imine (C=N–C) groups is 1. The SMILES string of the molecule is CCC1OC(n2c3c([nH]c2=O)C(N)=NCN3)C(O)C1C. The molecule has 1 fully saturated rings. The minimum absolute atomic E-state index is 0.0305. The standard InChI is InChI=1S/C12H19N5O3/c1-3-6-5(2)8(18)11(20-6)17-10-7(16-12(17)19)9(13)14-4-15-10/h5-6,8,11,15,18H,3-4H2,1-2H3,(H2,13,14)(H,16,19). The first-order valence-electron chi connectivity index (χ1n) is 6.76. The van der Waals surface area contributed by atoms with Gasteiger partial charge in [0.2, 0.25) is 0 Å². The lowest BCUT2D eigenvalue weighted by atomic mass is 9.99. The number of hydrogen-bond acceptors (Lipinski definition) is 6. The number of anilines is 1. The van der Waals surface area contributed by atoms with Crippen LogP contribution in [0.3, 0.4) is 0 Å². The van der Waals surface area contributed by atoms with Crippen LogP contribution in [0.5, 0.6) is 0 Å². The number of amidine groups is 1. The Hall–Kier alpha value is -1.80. The van der Waals surface area contributed by atoms with Crippen molar-refractivity contribution < 1.29 is 9.84 Å². The minimum Gasteiger partial charge on any atom is -0.388 e. The van der Waals surface area contributed by atoms with Gasteiger partial charge in [0.05, 0.1) is 6.10 Å². The van der Waals surface area contributed by atoms with Gasteiger partial charge in [-0.3, -0.25) is 0 Å². The zero-order valence-corrected chi connectivity index (χ0v) is 11.5. The fourth-order valence-corrected chi connectivity index (χ4v) is 2.87. The first kappa shape index (κ1) is 13.2. The number of aliphatic hydroxyl groups is 1. The van der Waals surface area contributed by atoms with Crippen molar-refractivity contribution in [1.82, 2.24) is 9.55 Å². The third kappa shape index (κ3) is 1.75. The highest BCUT2D eigenvalue weighted by atomic mass is 16.5. The van der Waals surface area contributed by atoms with E-state index in [4.69, 9.17) is 10.5 Å². The van der Waals surface area contributed by atoms with Crippen molar-refractivity contribution >= 4 is 11.7 Å². The Bertz CT molecular complexity index is 605. The molecular formula is C12H19N5O3. The van der Waals surface area contributed by atoms with Gasteiger partial charge in [0.25, 0.3) is 0 Å². The number of aliphatic hydroxyl groups excluding tert-OH is 1. The molecule has 110 valence electrons. The predicted molar refractivity (Wildman–Crippen MR) is 73.6 cm³/mol. The summed E-state index contributed by atoms with van der Waals surface area (Å²) in [5.74, 6) is 0.773. The van der Waals surface area contributed by atoms with Crippen LogP contribution in [-0.4, -0.2) is 39.4 Å². The van der Waals surface area contributed by atoms with E-state index in [1.54, 1.807) is 0 Å². The Morgan fingerprint density at radius 2 is 2.35 bits per heavy atom. The van der Waals surface area contributed by atoms with Crippen LogP contribution in [0, 0.1) is 5.92 Å². The molecule has 4 atom stereocenters. The maximum absolute atomic E-state index is 12.2. The predicted octanol–water partition coefficient (Wildman–Crippen LogP) is -0.431. The molecule has 1 saturated heterocycles. The Balaban J connectivity index is 2.04. The molecule has 0 radical (unpaired) electrons. The third-order valence-electron chi connectivity index (χ3n) is 4.07. The van der Waals surface area contributed by atoms with E-state index in [0.29, 0.717) is 18.2 Å². The van der Waals surface area contributed by atoms with Crippen molar-refractivity contribution in [1.29, 1.82) is 0 Å². The quantitative estimate of drug-likeness (QED) is 0.586. The number of H-pyrrole nitrogens is 1. The summed E-state index contributed by atoms with van der Waals surface area (Å²) >= 11 is 0. The number of nitrogens with two attached hydrogens (primary N) is 1. The number of aromatic nitrogens is 2. The molecule has 2 aliphatic rings. The first-order chi connectivity index (χ1) is 9.54. The Kier molecular flexibility index (Phi) is 3.06.